The van der Waals surface area contributed by atoms with E-state index in [1.165, 1.54) is 6.42 Å². The molecule has 2 bridgehead atoms. The maximum absolute atomic E-state index is 12.9. The lowest BCUT2D eigenvalue weighted by Crippen LogP contribution is -2.44. The summed E-state index contributed by atoms with van der Waals surface area (Å²) in [5.74, 6) is 0.477. The van der Waals surface area contributed by atoms with Gasteiger partial charge in [-0.25, -0.2) is 4.98 Å². The molecule has 3 fully saturated rings. The number of piperidine rings is 2. The first-order valence-corrected chi connectivity index (χ1v) is 15.3. The van der Waals surface area contributed by atoms with Crippen LogP contribution in [0.3, 0.4) is 0 Å². The predicted molar refractivity (Wildman–Crippen MR) is 157 cm³/mol. The van der Waals surface area contributed by atoms with Crippen LogP contribution >= 0.6 is 11.3 Å². The van der Waals surface area contributed by atoms with Crippen LogP contribution in [0.4, 0.5) is 5.13 Å². The van der Waals surface area contributed by atoms with Crippen LogP contribution in [-0.2, 0) is 11.4 Å². The monoisotopic (exact) mass is 559 g/mol. The van der Waals surface area contributed by atoms with Gasteiger partial charge in [-0.05, 0) is 92.7 Å². The highest BCUT2D eigenvalue weighted by molar-refractivity contribution is 7.14. The van der Waals surface area contributed by atoms with Gasteiger partial charge in [-0.1, -0.05) is 18.2 Å². The van der Waals surface area contributed by atoms with Crippen LogP contribution in [0.5, 0.6) is 5.75 Å². The van der Waals surface area contributed by atoms with E-state index in [0.717, 1.165) is 96.3 Å². The van der Waals surface area contributed by atoms with Gasteiger partial charge in [0.15, 0.2) is 5.13 Å². The van der Waals surface area contributed by atoms with Crippen molar-refractivity contribution in [2.75, 3.05) is 31.1 Å². The van der Waals surface area contributed by atoms with E-state index in [4.69, 9.17) is 9.72 Å². The summed E-state index contributed by atoms with van der Waals surface area (Å²) >= 11 is 1.62. The molecule has 2 unspecified atom stereocenters. The van der Waals surface area contributed by atoms with Gasteiger partial charge < -0.3 is 19.6 Å². The van der Waals surface area contributed by atoms with Crippen molar-refractivity contribution in [3.8, 4) is 17.0 Å². The number of aromatic nitrogens is 1. The van der Waals surface area contributed by atoms with Gasteiger partial charge in [-0.15, -0.1) is 11.3 Å². The van der Waals surface area contributed by atoms with Crippen molar-refractivity contribution in [2.45, 2.75) is 52.6 Å². The number of carboxylic acids is 1. The molecular formula is C32H37N3O4S. The topological polar surface area (TPSA) is 83.0 Å². The summed E-state index contributed by atoms with van der Waals surface area (Å²) in [6, 6.07) is 12.1. The molecule has 3 aliphatic rings. The first-order chi connectivity index (χ1) is 19.4. The quantitative estimate of drug-likeness (QED) is 0.372. The number of hydrogen-bond acceptors (Lipinski definition) is 6. The molecule has 6 rings (SSSR count). The van der Waals surface area contributed by atoms with Crippen molar-refractivity contribution in [3.05, 3.63) is 64.0 Å². The summed E-state index contributed by atoms with van der Waals surface area (Å²) in [6.07, 6.45) is 5.34. The SMILES string of the molecule is Cc1cc(C(=O)N2CCCCC2)ccc1COc1c(C)cccc1-c1csc(N2CC3CC[C@@H](C2)C3C(=O)O)n1. The maximum atomic E-state index is 12.9. The third-order valence-electron chi connectivity index (χ3n) is 8.97. The van der Waals surface area contributed by atoms with E-state index >= 15 is 0 Å². The van der Waals surface area contributed by atoms with Crippen molar-refractivity contribution in [1.29, 1.82) is 0 Å². The number of carbonyl (C=O) groups is 2. The number of carbonyl (C=O) groups excluding carboxylic acids is 1. The minimum absolute atomic E-state index is 0.121. The number of aliphatic carboxylic acids is 1. The molecule has 8 heteroatoms. The number of carboxylic acid groups (broad SMARTS) is 1. The molecule has 3 atom stereocenters. The summed E-state index contributed by atoms with van der Waals surface area (Å²) in [5.41, 5.74) is 5.73. The Balaban J connectivity index is 1.17. The van der Waals surface area contributed by atoms with Gasteiger partial charge in [0.1, 0.15) is 12.4 Å². The molecule has 210 valence electrons. The predicted octanol–water partition coefficient (Wildman–Crippen LogP) is 6.18. The normalized spacial score (nSPS) is 22.4. The van der Waals surface area contributed by atoms with Gasteiger partial charge in [-0.2, -0.15) is 0 Å². The Morgan fingerprint density at radius 1 is 1.02 bits per heavy atom. The second kappa shape index (κ2) is 11.2. The fourth-order valence-corrected chi connectivity index (χ4v) is 7.63. The molecular weight excluding hydrogens is 522 g/mol. The molecule has 7 nitrogen and oxygen atoms in total. The van der Waals surface area contributed by atoms with Crippen LogP contribution in [-0.4, -0.2) is 53.0 Å². The zero-order valence-electron chi connectivity index (χ0n) is 23.3. The van der Waals surface area contributed by atoms with Crippen LogP contribution in [0.2, 0.25) is 0 Å². The van der Waals surface area contributed by atoms with Crippen LogP contribution in [0.25, 0.3) is 11.3 Å². The summed E-state index contributed by atoms with van der Waals surface area (Å²) in [5, 5.41) is 12.7. The van der Waals surface area contributed by atoms with Gasteiger partial charge in [0, 0.05) is 42.7 Å². The average molecular weight is 560 g/mol. The summed E-state index contributed by atoms with van der Waals surface area (Å²) in [7, 11) is 0. The molecule has 1 aromatic heterocycles. The molecule has 1 N–H and O–H groups in total. The molecule has 3 aromatic rings. The highest BCUT2D eigenvalue weighted by Crippen LogP contribution is 2.44. The van der Waals surface area contributed by atoms with Crippen molar-refractivity contribution >= 4 is 28.3 Å². The number of anilines is 1. The largest absolute Gasteiger partial charge is 0.488 e. The molecule has 2 saturated heterocycles. The van der Waals surface area contributed by atoms with E-state index in [-0.39, 0.29) is 23.7 Å². The van der Waals surface area contributed by atoms with Gasteiger partial charge in [-0.3, -0.25) is 9.59 Å². The summed E-state index contributed by atoms with van der Waals surface area (Å²) in [4.78, 5) is 33.9. The highest BCUT2D eigenvalue weighted by atomic mass is 32.1. The van der Waals surface area contributed by atoms with E-state index in [1.807, 2.05) is 49.1 Å². The van der Waals surface area contributed by atoms with Crippen LogP contribution in [0, 0.1) is 31.6 Å². The second-order valence-corrected chi connectivity index (χ2v) is 12.5. The number of ether oxygens (including phenoxy) is 1. The van der Waals surface area contributed by atoms with Crippen molar-refractivity contribution in [2.24, 2.45) is 17.8 Å². The van der Waals surface area contributed by atoms with Gasteiger partial charge in [0.25, 0.3) is 5.91 Å². The Morgan fingerprint density at radius 3 is 2.48 bits per heavy atom. The number of amides is 1. The Morgan fingerprint density at radius 2 is 1.77 bits per heavy atom. The number of fused-ring (bicyclic) bond motifs is 2. The van der Waals surface area contributed by atoms with Crippen molar-refractivity contribution in [3.63, 3.8) is 0 Å². The minimum Gasteiger partial charge on any atom is -0.488 e. The zero-order valence-corrected chi connectivity index (χ0v) is 24.1. The smallest absolute Gasteiger partial charge is 0.307 e. The number of nitrogens with zero attached hydrogens (tertiary/aromatic N) is 3. The zero-order chi connectivity index (χ0) is 27.8. The van der Waals surface area contributed by atoms with Crippen molar-refractivity contribution < 1.29 is 19.4 Å². The lowest BCUT2D eigenvalue weighted by atomic mass is 9.85. The van der Waals surface area contributed by atoms with E-state index in [9.17, 15) is 14.7 Å². The summed E-state index contributed by atoms with van der Waals surface area (Å²) < 4.78 is 6.44. The third kappa shape index (κ3) is 5.21. The van der Waals surface area contributed by atoms with E-state index in [0.29, 0.717) is 6.61 Å². The molecule has 0 spiro atoms. The number of rotatable bonds is 7. The minimum atomic E-state index is -0.646. The molecule has 1 saturated carbocycles. The number of aryl methyl sites for hydroxylation is 2. The molecule has 3 heterocycles. The average Bonchev–Trinajstić information content (AvgIpc) is 3.55. The lowest BCUT2D eigenvalue weighted by Gasteiger charge is -2.35. The van der Waals surface area contributed by atoms with Gasteiger partial charge in [0.2, 0.25) is 0 Å². The van der Waals surface area contributed by atoms with E-state index in [2.05, 4.69) is 16.3 Å². The fraction of sp³-hybridized carbons (Fsp3) is 0.469. The van der Waals surface area contributed by atoms with Gasteiger partial charge >= 0.3 is 5.97 Å². The highest BCUT2D eigenvalue weighted by Gasteiger charge is 2.46. The number of para-hydroxylation sites is 1. The molecule has 1 amide bonds. The van der Waals surface area contributed by atoms with E-state index in [1.54, 1.807) is 11.3 Å². The molecule has 2 aromatic carbocycles. The fourth-order valence-electron chi connectivity index (χ4n) is 6.78. The summed E-state index contributed by atoms with van der Waals surface area (Å²) in [6.45, 7) is 7.70. The Hall–Kier alpha value is -3.39. The third-order valence-corrected chi connectivity index (χ3v) is 9.88. The number of likely N-dealkylation sites (tertiary alicyclic amines) is 1. The maximum Gasteiger partial charge on any atom is 0.307 e. The first-order valence-electron chi connectivity index (χ1n) is 14.4. The van der Waals surface area contributed by atoms with Crippen LogP contribution < -0.4 is 9.64 Å². The molecule has 0 radical (unpaired) electrons. The van der Waals surface area contributed by atoms with Crippen LogP contribution in [0.1, 0.15) is 59.2 Å². The molecule has 1 aliphatic carbocycles. The number of thiazole rings is 1. The lowest BCUT2D eigenvalue weighted by molar-refractivity contribution is -0.144. The Labute approximate surface area is 239 Å². The van der Waals surface area contributed by atoms with E-state index < -0.39 is 5.97 Å². The van der Waals surface area contributed by atoms with Crippen molar-refractivity contribution in [1.82, 2.24) is 9.88 Å². The number of hydrogen-bond donors (Lipinski definition) is 1. The van der Waals surface area contributed by atoms with Crippen LogP contribution in [0.15, 0.2) is 41.8 Å². The Bertz CT molecular complexity index is 1400. The second-order valence-electron chi connectivity index (χ2n) is 11.6. The van der Waals surface area contributed by atoms with Gasteiger partial charge in [0.05, 0.1) is 11.6 Å². The molecule has 2 aliphatic heterocycles. The Kier molecular flexibility index (Phi) is 7.53. The molecule has 40 heavy (non-hydrogen) atoms. The first kappa shape index (κ1) is 26.8. The standard InChI is InChI=1S/C32H37N3O4S/c1-20-7-6-8-26(27-19-40-32(33-27)35-16-23-10-11-24(17-35)28(23)31(37)38)29(20)39-18-25-12-9-22(15-21(25)2)30(36)34-13-4-3-5-14-34/h6-9,12,15,19,23-24,28H,3-5,10-11,13-14,16-18H2,1-2H3,(H,37,38)/t23-,24?,28?/m0/s1. The number of benzene rings is 2.